The molecule has 0 aliphatic carbocycles. The molecule has 0 aliphatic heterocycles. The molecule has 1 aromatic carbocycles. The van der Waals surface area contributed by atoms with Crippen molar-refractivity contribution in [2.75, 3.05) is 0 Å². The van der Waals surface area contributed by atoms with Crippen molar-refractivity contribution in [3.63, 3.8) is 0 Å². The van der Waals surface area contributed by atoms with E-state index in [0.29, 0.717) is 5.69 Å². The SMILES string of the molecule is [N-]=[N+]=Nc1c[nH]c2cc[c]cc12. The number of nitrogens with zero attached hydrogens (tertiary/aromatic N) is 3. The number of fused-ring (bicyclic) bond motifs is 1. The van der Waals surface area contributed by atoms with Gasteiger partial charge in [0.05, 0.1) is 5.69 Å². The number of aromatic nitrogens is 1. The number of H-pyrrole nitrogens is 1. The molecule has 2 rings (SSSR count). The Hall–Kier alpha value is -1.93. The van der Waals surface area contributed by atoms with Crippen molar-refractivity contribution in [2.45, 2.75) is 0 Å². The third-order valence-electron chi connectivity index (χ3n) is 1.66. The van der Waals surface area contributed by atoms with Crippen LogP contribution in [0.1, 0.15) is 0 Å². The van der Waals surface area contributed by atoms with Crippen molar-refractivity contribution >= 4 is 16.6 Å². The van der Waals surface area contributed by atoms with Crippen molar-refractivity contribution in [3.05, 3.63) is 40.9 Å². The third-order valence-corrected chi connectivity index (χ3v) is 1.66. The summed E-state index contributed by atoms with van der Waals surface area (Å²) in [7, 11) is 0. The van der Waals surface area contributed by atoms with E-state index in [2.05, 4.69) is 21.1 Å². The van der Waals surface area contributed by atoms with E-state index in [9.17, 15) is 0 Å². The lowest BCUT2D eigenvalue weighted by Gasteiger charge is -1.86. The van der Waals surface area contributed by atoms with Gasteiger partial charge in [-0.05, 0) is 23.7 Å². The highest BCUT2D eigenvalue weighted by Crippen LogP contribution is 2.24. The Labute approximate surface area is 68.5 Å². The molecule has 0 aliphatic rings. The van der Waals surface area contributed by atoms with E-state index >= 15 is 0 Å². The minimum Gasteiger partial charge on any atom is -0.361 e. The lowest BCUT2D eigenvalue weighted by atomic mass is 10.2. The molecule has 1 radical (unpaired) electrons. The number of hydrogen-bond acceptors (Lipinski definition) is 1. The van der Waals surface area contributed by atoms with Crippen molar-refractivity contribution < 1.29 is 0 Å². The van der Waals surface area contributed by atoms with Crippen LogP contribution in [0.5, 0.6) is 0 Å². The molecule has 12 heavy (non-hydrogen) atoms. The Morgan fingerprint density at radius 3 is 3.33 bits per heavy atom. The number of benzene rings is 1. The zero-order valence-electron chi connectivity index (χ0n) is 6.15. The molecule has 0 fully saturated rings. The second-order valence-electron chi connectivity index (χ2n) is 2.34. The van der Waals surface area contributed by atoms with E-state index in [1.807, 2.05) is 6.07 Å². The molecule has 1 N–H and O–H groups in total. The van der Waals surface area contributed by atoms with Crippen LogP contribution in [0.3, 0.4) is 0 Å². The van der Waals surface area contributed by atoms with Gasteiger partial charge in [0.1, 0.15) is 0 Å². The molecular weight excluding hydrogens is 152 g/mol. The molecule has 0 bridgehead atoms. The first-order valence-corrected chi connectivity index (χ1v) is 3.44. The summed E-state index contributed by atoms with van der Waals surface area (Å²) in [6.45, 7) is 0. The zero-order chi connectivity index (χ0) is 8.39. The maximum Gasteiger partial charge on any atom is 0.0628 e. The van der Waals surface area contributed by atoms with Gasteiger partial charge in [-0.3, -0.25) is 0 Å². The van der Waals surface area contributed by atoms with E-state index in [0.717, 1.165) is 10.9 Å². The van der Waals surface area contributed by atoms with Gasteiger partial charge in [0, 0.05) is 22.0 Å². The molecular formula is C8H5N4. The predicted octanol–water partition coefficient (Wildman–Crippen LogP) is 2.91. The van der Waals surface area contributed by atoms with Gasteiger partial charge in [0.2, 0.25) is 0 Å². The average molecular weight is 157 g/mol. The van der Waals surface area contributed by atoms with Crippen LogP contribution in [0.2, 0.25) is 0 Å². The molecule has 0 amide bonds. The van der Waals surface area contributed by atoms with Crippen LogP contribution in [0.15, 0.2) is 29.5 Å². The van der Waals surface area contributed by atoms with E-state index in [4.69, 9.17) is 5.53 Å². The summed E-state index contributed by atoms with van der Waals surface area (Å²) >= 11 is 0. The maximum atomic E-state index is 8.23. The van der Waals surface area contributed by atoms with Gasteiger partial charge in [-0.1, -0.05) is 11.2 Å². The van der Waals surface area contributed by atoms with Gasteiger partial charge >= 0.3 is 0 Å². The minimum atomic E-state index is 0.615. The lowest BCUT2D eigenvalue weighted by molar-refractivity contribution is 1.44. The van der Waals surface area contributed by atoms with Crippen LogP contribution in [0, 0.1) is 6.07 Å². The van der Waals surface area contributed by atoms with Crippen molar-refractivity contribution in [1.29, 1.82) is 0 Å². The lowest BCUT2D eigenvalue weighted by Crippen LogP contribution is -1.63. The van der Waals surface area contributed by atoms with E-state index in [1.165, 1.54) is 0 Å². The number of rotatable bonds is 1. The standard InChI is InChI=1S/C8H5N4/c9-12-11-8-5-10-7-4-2-1-3-6(7)8/h2-5,10H. The normalized spacial score (nSPS) is 9.67. The summed E-state index contributed by atoms with van der Waals surface area (Å²) < 4.78 is 0. The van der Waals surface area contributed by atoms with Crippen LogP contribution in [-0.2, 0) is 0 Å². The Morgan fingerprint density at radius 1 is 1.58 bits per heavy atom. The fourth-order valence-electron chi connectivity index (χ4n) is 1.12. The molecule has 0 spiro atoms. The van der Waals surface area contributed by atoms with Crippen LogP contribution in [0.25, 0.3) is 21.3 Å². The molecule has 0 saturated heterocycles. The van der Waals surface area contributed by atoms with Crippen molar-refractivity contribution in [1.82, 2.24) is 4.98 Å². The summed E-state index contributed by atoms with van der Waals surface area (Å²) in [6, 6.07) is 8.39. The summed E-state index contributed by atoms with van der Waals surface area (Å²) in [4.78, 5) is 5.71. The first kappa shape index (κ1) is 6.76. The van der Waals surface area contributed by atoms with Crippen LogP contribution in [0.4, 0.5) is 5.69 Å². The quantitative estimate of drug-likeness (QED) is 0.375. The molecule has 2 aromatic rings. The summed E-state index contributed by atoms with van der Waals surface area (Å²) in [5.74, 6) is 0. The van der Waals surface area contributed by atoms with Crippen molar-refractivity contribution in [3.8, 4) is 0 Å². The Bertz CT molecular complexity index is 451. The van der Waals surface area contributed by atoms with Crippen LogP contribution < -0.4 is 0 Å². The predicted molar refractivity (Wildman–Crippen MR) is 45.9 cm³/mol. The first-order valence-electron chi connectivity index (χ1n) is 3.44. The van der Waals surface area contributed by atoms with E-state index < -0.39 is 0 Å². The monoisotopic (exact) mass is 157 g/mol. The van der Waals surface area contributed by atoms with Crippen LogP contribution >= 0.6 is 0 Å². The summed E-state index contributed by atoms with van der Waals surface area (Å²) in [5, 5.41) is 4.42. The molecule has 0 saturated carbocycles. The highest BCUT2D eigenvalue weighted by molar-refractivity contribution is 5.90. The highest BCUT2D eigenvalue weighted by atomic mass is 15.1. The Kier molecular flexibility index (Phi) is 1.47. The Morgan fingerprint density at radius 2 is 2.50 bits per heavy atom. The van der Waals surface area contributed by atoms with Crippen LogP contribution in [-0.4, -0.2) is 4.98 Å². The largest absolute Gasteiger partial charge is 0.361 e. The van der Waals surface area contributed by atoms with Gasteiger partial charge in [0.15, 0.2) is 0 Å². The zero-order valence-corrected chi connectivity index (χ0v) is 6.15. The number of nitrogens with one attached hydrogen (secondary N) is 1. The van der Waals surface area contributed by atoms with E-state index in [1.54, 1.807) is 18.3 Å². The maximum absolute atomic E-state index is 8.23. The fraction of sp³-hybridized carbons (Fsp3) is 0. The fourth-order valence-corrected chi connectivity index (χ4v) is 1.12. The summed E-state index contributed by atoms with van der Waals surface area (Å²) in [5.41, 5.74) is 9.80. The molecule has 4 heteroatoms. The molecule has 4 nitrogen and oxygen atoms in total. The van der Waals surface area contributed by atoms with E-state index in [-0.39, 0.29) is 0 Å². The Balaban J connectivity index is 2.78. The first-order chi connectivity index (χ1) is 5.92. The highest BCUT2D eigenvalue weighted by Gasteiger charge is 1.98. The van der Waals surface area contributed by atoms with Gasteiger partial charge in [-0.2, -0.15) is 0 Å². The molecule has 57 valence electrons. The number of hydrogen-bond donors (Lipinski definition) is 1. The summed E-state index contributed by atoms with van der Waals surface area (Å²) in [6.07, 6.45) is 1.68. The van der Waals surface area contributed by atoms with Gasteiger partial charge in [-0.15, -0.1) is 0 Å². The number of aromatic amines is 1. The second-order valence-corrected chi connectivity index (χ2v) is 2.34. The average Bonchev–Trinajstić information content (AvgIpc) is 2.50. The topological polar surface area (TPSA) is 64.6 Å². The molecule has 1 heterocycles. The third kappa shape index (κ3) is 0.909. The van der Waals surface area contributed by atoms with Gasteiger partial charge in [0.25, 0.3) is 0 Å². The minimum absolute atomic E-state index is 0.615. The smallest absolute Gasteiger partial charge is 0.0628 e. The van der Waals surface area contributed by atoms with Gasteiger partial charge in [-0.25, -0.2) is 0 Å². The van der Waals surface area contributed by atoms with Gasteiger partial charge < -0.3 is 4.98 Å². The number of azide groups is 1. The molecule has 0 atom stereocenters. The second kappa shape index (κ2) is 2.60. The molecule has 1 aromatic heterocycles. The molecule has 0 unspecified atom stereocenters. The van der Waals surface area contributed by atoms with Crippen molar-refractivity contribution in [2.24, 2.45) is 5.11 Å².